The van der Waals surface area contributed by atoms with E-state index in [-0.39, 0.29) is 12.3 Å². The molecule has 0 radical (unpaired) electrons. The molecule has 1 aromatic rings. The Morgan fingerprint density at radius 1 is 1.35 bits per heavy atom. The van der Waals surface area contributed by atoms with E-state index in [4.69, 9.17) is 0 Å². The maximum Gasteiger partial charge on any atom is 0.310 e. The molecule has 1 saturated carbocycles. The number of amides is 1. The molecule has 0 atom stereocenters. The summed E-state index contributed by atoms with van der Waals surface area (Å²) in [5.41, 5.74) is 0.195. The van der Waals surface area contributed by atoms with E-state index in [0.29, 0.717) is 19.4 Å². The van der Waals surface area contributed by atoms with E-state index in [2.05, 4.69) is 15.9 Å². The Morgan fingerprint density at radius 2 is 2.00 bits per heavy atom. The highest BCUT2D eigenvalue weighted by Crippen LogP contribution is 2.44. The van der Waals surface area contributed by atoms with Crippen molar-refractivity contribution in [1.29, 1.82) is 0 Å². The van der Waals surface area contributed by atoms with E-state index in [0.717, 1.165) is 16.5 Å². The second-order valence-corrected chi connectivity index (χ2v) is 6.31. The zero-order valence-electron chi connectivity index (χ0n) is 11.4. The van der Waals surface area contributed by atoms with E-state index in [1.54, 1.807) is 11.9 Å². The standard InChI is InChI=1S/C15H18BrNO3/c1-17(10-11-5-2-3-6-12(11)16)13(18)9-15(14(19)20)7-4-8-15/h2-3,5-6H,4,7-10H2,1H3,(H,19,20). The summed E-state index contributed by atoms with van der Waals surface area (Å²) in [6.07, 6.45) is 2.21. The molecule has 108 valence electrons. The minimum atomic E-state index is -0.841. The number of carboxylic acid groups (broad SMARTS) is 1. The number of nitrogens with zero attached hydrogens (tertiary/aromatic N) is 1. The van der Waals surface area contributed by atoms with E-state index >= 15 is 0 Å². The van der Waals surface area contributed by atoms with Crippen LogP contribution in [0.3, 0.4) is 0 Å². The number of aliphatic carboxylic acids is 1. The molecule has 5 heteroatoms. The highest BCUT2D eigenvalue weighted by atomic mass is 79.9. The van der Waals surface area contributed by atoms with Crippen LogP contribution in [0.2, 0.25) is 0 Å². The lowest BCUT2D eigenvalue weighted by atomic mass is 9.66. The van der Waals surface area contributed by atoms with Crippen LogP contribution >= 0.6 is 15.9 Å². The SMILES string of the molecule is CN(Cc1ccccc1Br)C(=O)CC1(C(=O)O)CCC1. The third kappa shape index (κ3) is 3.03. The lowest BCUT2D eigenvalue weighted by Crippen LogP contribution is -2.42. The third-order valence-corrected chi connectivity index (χ3v) is 4.82. The monoisotopic (exact) mass is 339 g/mol. The first-order valence-corrected chi connectivity index (χ1v) is 7.45. The van der Waals surface area contributed by atoms with Gasteiger partial charge in [0.1, 0.15) is 0 Å². The maximum atomic E-state index is 12.2. The number of benzene rings is 1. The minimum Gasteiger partial charge on any atom is -0.481 e. The van der Waals surface area contributed by atoms with Crippen molar-refractivity contribution in [2.75, 3.05) is 7.05 Å². The van der Waals surface area contributed by atoms with Crippen LogP contribution in [0, 0.1) is 5.41 Å². The molecule has 2 rings (SSSR count). The van der Waals surface area contributed by atoms with E-state index < -0.39 is 11.4 Å². The van der Waals surface area contributed by atoms with Crippen molar-refractivity contribution in [2.24, 2.45) is 5.41 Å². The van der Waals surface area contributed by atoms with Gasteiger partial charge in [-0.05, 0) is 24.5 Å². The molecule has 0 bridgehead atoms. The van der Waals surface area contributed by atoms with Gasteiger partial charge in [-0.25, -0.2) is 0 Å². The number of hydrogen-bond acceptors (Lipinski definition) is 2. The zero-order valence-corrected chi connectivity index (χ0v) is 13.0. The van der Waals surface area contributed by atoms with Crippen LogP contribution < -0.4 is 0 Å². The fourth-order valence-corrected chi connectivity index (χ4v) is 2.87. The Hall–Kier alpha value is -1.36. The molecule has 0 aromatic heterocycles. The Morgan fingerprint density at radius 3 is 2.50 bits per heavy atom. The molecule has 0 aliphatic heterocycles. The predicted octanol–water partition coefficient (Wildman–Crippen LogP) is 3.05. The second kappa shape index (κ2) is 5.95. The summed E-state index contributed by atoms with van der Waals surface area (Å²) < 4.78 is 0.955. The largest absolute Gasteiger partial charge is 0.481 e. The van der Waals surface area contributed by atoms with Crippen molar-refractivity contribution in [3.63, 3.8) is 0 Å². The van der Waals surface area contributed by atoms with Gasteiger partial charge in [0.05, 0.1) is 5.41 Å². The van der Waals surface area contributed by atoms with Gasteiger partial charge in [0.15, 0.2) is 0 Å². The van der Waals surface area contributed by atoms with E-state index in [9.17, 15) is 14.7 Å². The summed E-state index contributed by atoms with van der Waals surface area (Å²) in [7, 11) is 1.72. The molecule has 1 aromatic carbocycles. The molecule has 0 unspecified atom stereocenters. The van der Waals surface area contributed by atoms with Crippen molar-refractivity contribution in [3.05, 3.63) is 34.3 Å². The lowest BCUT2D eigenvalue weighted by molar-refractivity contribution is -0.159. The molecule has 1 aliphatic rings. The first kappa shape index (κ1) is 15.0. The number of carbonyl (C=O) groups excluding carboxylic acids is 1. The van der Waals surface area contributed by atoms with E-state index in [1.807, 2.05) is 24.3 Å². The van der Waals surface area contributed by atoms with Gasteiger partial charge in [-0.1, -0.05) is 40.5 Å². The molecular weight excluding hydrogens is 322 g/mol. The Balaban J connectivity index is 1.99. The molecule has 1 amide bonds. The second-order valence-electron chi connectivity index (χ2n) is 5.46. The Bertz CT molecular complexity index is 526. The molecular formula is C15H18BrNO3. The quantitative estimate of drug-likeness (QED) is 0.896. The fourth-order valence-electron chi connectivity index (χ4n) is 2.46. The van der Waals surface area contributed by atoms with Crippen molar-refractivity contribution in [1.82, 2.24) is 4.90 Å². The molecule has 0 spiro atoms. The third-order valence-electron chi connectivity index (χ3n) is 4.05. The normalized spacial score (nSPS) is 16.3. The predicted molar refractivity (Wildman–Crippen MR) is 79.2 cm³/mol. The summed E-state index contributed by atoms with van der Waals surface area (Å²) in [6.45, 7) is 0.482. The van der Waals surface area contributed by atoms with Crippen molar-refractivity contribution >= 4 is 27.8 Å². The molecule has 0 saturated heterocycles. The van der Waals surface area contributed by atoms with Gasteiger partial charge in [0.2, 0.25) is 5.91 Å². The lowest BCUT2D eigenvalue weighted by Gasteiger charge is -2.38. The van der Waals surface area contributed by atoms with Gasteiger partial charge in [-0.3, -0.25) is 9.59 Å². The molecule has 20 heavy (non-hydrogen) atoms. The minimum absolute atomic E-state index is 0.100. The van der Waals surface area contributed by atoms with Crippen LogP contribution in [0.1, 0.15) is 31.2 Å². The van der Waals surface area contributed by atoms with Crippen molar-refractivity contribution in [3.8, 4) is 0 Å². The summed E-state index contributed by atoms with van der Waals surface area (Å²) in [5.74, 6) is -0.950. The number of rotatable bonds is 5. The van der Waals surface area contributed by atoms with Gasteiger partial charge in [-0.2, -0.15) is 0 Å². The van der Waals surface area contributed by atoms with Crippen LogP contribution in [-0.4, -0.2) is 28.9 Å². The maximum absolute atomic E-state index is 12.2. The smallest absolute Gasteiger partial charge is 0.310 e. The first-order chi connectivity index (χ1) is 9.44. The average molecular weight is 340 g/mol. The van der Waals surface area contributed by atoms with E-state index in [1.165, 1.54) is 0 Å². The van der Waals surface area contributed by atoms with Crippen molar-refractivity contribution < 1.29 is 14.7 Å². The number of halogens is 1. The van der Waals surface area contributed by atoms with Crippen LogP contribution in [0.15, 0.2) is 28.7 Å². The summed E-state index contributed by atoms with van der Waals surface area (Å²) in [4.78, 5) is 25.1. The molecule has 1 fully saturated rings. The molecule has 4 nitrogen and oxygen atoms in total. The number of hydrogen-bond donors (Lipinski definition) is 1. The summed E-state index contributed by atoms with van der Waals surface area (Å²) in [6, 6.07) is 7.72. The van der Waals surface area contributed by atoms with Crippen LogP contribution in [0.25, 0.3) is 0 Å². The molecule has 1 aliphatic carbocycles. The van der Waals surface area contributed by atoms with Crippen LogP contribution in [0.5, 0.6) is 0 Å². The number of carboxylic acids is 1. The Labute approximate surface area is 126 Å². The first-order valence-electron chi connectivity index (χ1n) is 6.65. The zero-order chi connectivity index (χ0) is 14.8. The van der Waals surface area contributed by atoms with Crippen LogP contribution in [0.4, 0.5) is 0 Å². The van der Waals surface area contributed by atoms with Crippen LogP contribution in [-0.2, 0) is 16.1 Å². The topological polar surface area (TPSA) is 57.6 Å². The Kier molecular flexibility index (Phi) is 4.48. The molecule has 0 heterocycles. The van der Waals surface area contributed by atoms with Gasteiger partial charge >= 0.3 is 5.97 Å². The summed E-state index contributed by atoms with van der Waals surface area (Å²) in [5, 5.41) is 9.27. The molecule has 1 N–H and O–H groups in total. The average Bonchev–Trinajstić information content (AvgIpc) is 2.35. The highest BCUT2D eigenvalue weighted by molar-refractivity contribution is 9.10. The van der Waals surface area contributed by atoms with Gasteiger partial charge < -0.3 is 10.0 Å². The summed E-state index contributed by atoms with van der Waals surface area (Å²) >= 11 is 3.45. The van der Waals surface area contributed by atoms with Gasteiger partial charge in [-0.15, -0.1) is 0 Å². The number of carbonyl (C=O) groups is 2. The highest BCUT2D eigenvalue weighted by Gasteiger charge is 2.46. The van der Waals surface area contributed by atoms with Gasteiger partial charge in [0.25, 0.3) is 0 Å². The van der Waals surface area contributed by atoms with Gasteiger partial charge in [0, 0.05) is 24.5 Å². The van der Waals surface area contributed by atoms with Crippen molar-refractivity contribution in [2.45, 2.75) is 32.2 Å². The fraction of sp³-hybridized carbons (Fsp3) is 0.467.